The van der Waals surface area contributed by atoms with E-state index in [1.54, 1.807) is 24.3 Å². The zero-order valence-electron chi connectivity index (χ0n) is 12.9. The van der Waals surface area contributed by atoms with Crippen LogP contribution in [0.15, 0.2) is 36.5 Å². The molecule has 1 aromatic carbocycles. The summed E-state index contributed by atoms with van der Waals surface area (Å²) in [4.78, 5) is 11.7. The van der Waals surface area contributed by atoms with Crippen molar-refractivity contribution in [3.63, 3.8) is 0 Å². The summed E-state index contributed by atoms with van der Waals surface area (Å²) in [5, 5.41) is 5.98. The first-order valence-corrected chi connectivity index (χ1v) is 7.38. The number of fused-ring (bicyclic) bond motifs is 1. The van der Waals surface area contributed by atoms with Crippen LogP contribution in [0.3, 0.4) is 0 Å². The SMILES string of the molecule is O=C(/C=C/c1ccc2c(c1)OCO2)NCCn1ccc(C(F)(F)F)n1. The molecule has 0 spiro atoms. The number of hydrogen-bond acceptors (Lipinski definition) is 4. The summed E-state index contributed by atoms with van der Waals surface area (Å²) in [7, 11) is 0. The van der Waals surface area contributed by atoms with Crippen LogP contribution in [0, 0.1) is 0 Å². The van der Waals surface area contributed by atoms with Crippen LogP contribution in [0.25, 0.3) is 6.08 Å². The third kappa shape index (κ3) is 4.31. The first-order chi connectivity index (χ1) is 11.9. The minimum Gasteiger partial charge on any atom is -0.454 e. The number of ether oxygens (including phenoxy) is 2. The van der Waals surface area contributed by atoms with Gasteiger partial charge >= 0.3 is 6.18 Å². The van der Waals surface area contributed by atoms with Crippen molar-refractivity contribution in [2.45, 2.75) is 12.7 Å². The lowest BCUT2D eigenvalue weighted by Gasteiger charge is -2.04. The Balaban J connectivity index is 1.47. The Morgan fingerprint density at radius 3 is 2.84 bits per heavy atom. The van der Waals surface area contributed by atoms with Gasteiger partial charge in [0.25, 0.3) is 0 Å². The Bertz CT molecular complexity index is 799. The molecule has 0 radical (unpaired) electrons. The molecule has 0 bridgehead atoms. The number of rotatable bonds is 5. The van der Waals surface area contributed by atoms with E-state index in [4.69, 9.17) is 9.47 Å². The summed E-state index contributed by atoms with van der Waals surface area (Å²) >= 11 is 0. The molecule has 9 heteroatoms. The number of nitrogens with one attached hydrogen (secondary N) is 1. The monoisotopic (exact) mass is 353 g/mol. The minimum absolute atomic E-state index is 0.139. The fourth-order valence-corrected chi connectivity index (χ4v) is 2.18. The van der Waals surface area contributed by atoms with Gasteiger partial charge in [0.1, 0.15) is 0 Å². The molecule has 1 amide bonds. The van der Waals surface area contributed by atoms with Gasteiger partial charge in [-0.3, -0.25) is 9.48 Å². The maximum absolute atomic E-state index is 12.4. The highest BCUT2D eigenvalue weighted by molar-refractivity contribution is 5.91. The van der Waals surface area contributed by atoms with Crippen molar-refractivity contribution in [2.24, 2.45) is 0 Å². The topological polar surface area (TPSA) is 65.4 Å². The van der Waals surface area contributed by atoms with Gasteiger partial charge in [0.05, 0.1) is 6.54 Å². The lowest BCUT2D eigenvalue weighted by molar-refractivity contribution is -0.141. The van der Waals surface area contributed by atoms with Crippen molar-refractivity contribution in [1.82, 2.24) is 15.1 Å². The van der Waals surface area contributed by atoms with Gasteiger partial charge in [-0.2, -0.15) is 18.3 Å². The maximum atomic E-state index is 12.4. The van der Waals surface area contributed by atoms with E-state index in [1.165, 1.54) is 12.3 Å². The summed E-state index contributed by atoms with van der Waals surface area (Å²) in [5.74, 6) is 0.904. The second-order valence-electron chi connectivity index (χ2n) is 5.20. The Morgan fingerprint density at radius 1 is 1.28 bits per heavy atom. The number of amides is 1. The number of halogens is 3. The standard InChI is InChI=1S/C16H14F3N3O3/c17-16(18,19)14-5-7-22(21-14)8-6-20-15(23)4-2-11-1-3-12-13(9-11)25-10-24-12/h1-5,7,9H,6,8,10H2,(H,20,23)/b4-2+. The van der Waals surface area contributed by atoms with Crippen molar-refractivity contribution >= 4 is 12.0 Å². The minimum atomic E-state index is -4.47. The molecule has 0 aliphatic carbocycles. The quantitative estimate of drug-likeness (QED) is 0.839. The average molecular weight is 353 g/mol. The number of carbonyl (C=O) groups is 1. The molecular weight excluding hydrogens is 339 g/mol. The van der Waals surface area contributed by atoms with E-state index in [-0.39, 0.29) is 25.8 Å². The van der Waals surface area contributed by atoms with Crippen molar-refractivity contribution in [3.8, 4) is 11.5 Å². The lowest BCUT2D eigenvalue weighted by Crippen LogP contribution is -2.25. The number of benzene rings is 1. The lowest BCUT2D eigenvalue weighted by atomic mass is 10.2. The molecule has 0 saturated heterocycles. The fraction of sp³-hybridized carbons (Fsp3) is 0.250. The molecule has 0 unspecified atom stereocenters. The highest BCUT2D eigenvalue weighted by Gasteiger charge is 2.33. The van der Waals surface area contributed by atoms with Crippen LogP contribution >= 0.6 is 0 Å². The summed E-state index contributed by atoms with van der Waals surface area (Å²) in [6, 6.07) is 6.16. The zero-order valence-corrected chi connectivity index (χ0v) is 12.9. The van der Waals surface area contributed by atoms with Gasteiger partial charge in [-0.25, -0.2) is 0 Å². The molecule has 3 rings (SSSR count). The summed E-state index contributed by atoms with van der Waals surface area (Å²) in [6.07, 6.45) is -0.311. The molecule has 1 aromatic heterocycles. The number of alkyl halides is 3. The van der Waals surface area contributed by atoms with Gasteiger partial charge in [0.2, 0.25) is 12.7 Å². The molecule has 0 saturated carbocycles. The molecule has 2 heterocycles. The highest BCUT2D eigenvalue weighted by atomic mass is 19.4. The fourth-order valence-electron chi connectivity index (χ4n) is 2.18. The van der Waals surface area contributed by atoms with E-state index in [1.807, 2.05) is 0 Å². The van der Waals surface area contributed by atoms with E-state index in [2.05, 4.69) is 10.4 Å². The average Bonchev–Trinajstić information content (AvgIpc) is 3.21. The molecule has 132 valence electrons. The van der Waals surface area contributed by atoms with E-state index in [0.29, 0.717) is 11.5 Å². The molecule has 1 N–H and O–H groups in total. The Morgan fingerprint density at radius 2 is 2.08 bits per heavy atom. The second kappa shape index (κ2) is 6.88. The zero-order chi connectivity index (χ0) is 17.9. The molecule has 0 atom stereocenters. The Hall–Kier alpha value is -2.97. The molecule has 0 fully saturated rings. The van der Waals surface area contributed by atoms with Crippen LogP contribution in [0.2, 0.25) is 0 Å². The Labute approximate surface area is 140 Å². The third-order valence-electron chi connectivity index (χ3n) is 3.40. The van der Waals surface area contributed by atoms with Crippen LogP contribution < -0.4 is 14.8 Å². The normalized spacial score (nSPS) is 13.4. The largest absolute Gasteiger partial charge is 0.454 e. The summed E-state index contributed by atoms with van der Waals surface area (Å²) in [5.41, 5.74) is -0.192. The Kier molecular flexibility index (Phi) is 4.64. The molecule has 1 aliphatic heterocycles. The van der Waals surface area contributed by atoms with Crippen molar-refractivity contribution < 1.29 is 27.4 Å². The van der Waals surface area contributed by atoms with E-state index in [0.717, 1.165) is 16.3 Å². The summed E-state index contributed by atoms with van der Waals surface area (Å²) < 4.78 is 48.8. The molecule has 1 aliphatic rings. The van der Waals surface area contributed by atoms with E-state index < -0.39 is 11.9 Å². The van der Waals surface area contributed by atoms with Crippen LogP contribution in [0.1, 0.15) is 11.3 Å². The number of aromatic nitrogens is 2. The third-order valence-corrected chi connectivity index (χ3v) is 3.40. The van der Waals surface area contributed by atoms with Gasteiger partial charge in [0.15, 0.2) is 17.2 Å². The van der Waals surface area contributed by atoms with Gasteiger partial charge in [-0.15, -0.1) is 0 Å². The van der Waals surface area contributed by atoms with Crippen LogP contribution in [0.5, 0.6) is 11.5 Å². The first kappa shape index (κ1) is 16.9. The number of hydrogen-bond donors (Lipinski definition) is 1. The smallest absolute Gasteiger partial charge is 0.435 e. The summed E-state index contributed by atoms with van der Waals surface area (Å²) in [6.45, 7) is 0.468. The van der Waals surface area contributed by atoms with Gasteiger partial charge in [-0.1, -0.05) is 6.07 Å². The van der Waals surface area contributed by atoms with Gasteiger partial charge in [-0.05, 0) is 29.8 Å². The number of carbonyl (C=O) groups excluding carboxylic acids is 1. The van der Waals surface area contributed by atoms with Crippen LogP contribution in [-0.4, -0.2) is 29.0 Å². The molecule has 25 heavy (non-hydrogen) atoms. The van der Waals surface area contributed by atoms with E-state index >= 15 is 0 Å². The van der Waals surface area contributed by atoms with Gasteiger partial charge in [0, 0.05) is 18.8 Å². The molecule has 2 aromatic rings. The molecular formula is C16H14F3N3O3. The number of nitrogens with zero attached hydrogens (tertiary/aromatic N) is 2. The van der Waals surface area contributed by atoms with Crippen LogP contribution in [-0.2, 0) is 17.5 Å². The van der Waals surface area contributed by atoms with Gasteiger partial charge < -0.3 is 14.8 Å². The van der Waals surface area contributed by atoms with Crippen LogP contribution in [0.4, 0.5) is 13.2 Å². The first-order valence-electron chi connectivity index (χ1n) is 7.38. The molecule has 6 nitrogen and oxygen atoms in total. The second-order valence-corrected chi connectivity index (χ2v) is 5.20. The van der Waals surface area contributed by atoms with E-state index in [9.17, 15) is 18.0 Å². The highest BCUT2D eigenvalue weighted by Crippen LogP contribution is 2.32. The maximum Gasteiger partial charge on any atom is 0.435 e. The van der Waals surface area contributed by atoms with Crippen molar-refractivity contribution in [1.29, 1.82) is 0 Å². The predicted octanol–water partition coefficient (Wildman–Crippen LogP) is 2.46. The van der Waals surface area contributed by atoms with Crippen molar-refractivity contribution in [2.75, 3.05) is 13.3 Å². The van der Waals surface area contributed by atoms with Crippen molar-refractivity contribution in [3.05, 3.63) is 47.8 Å². The predicted molar refractivity (Wildman–Crippen MR) is 81.8 cm³/mol.